The Hall–Kier alpha value is -1.07. The zero-order valence-corrected chi connectivity index (χ0v) is 10.7. The van der Waals surface area contributed by atoms with Crippen LogP contribution in [0.25, 0.3) is 0 Å². The Morgan fingerprint density at radius 2 is 1.94 bits per heavy atom. The van der Waals surface area contributed by atoms with Crippen molar-refractivity contribution in [3.05, 3.63) is 24.3 Å². The molecule has 0 spiro atoms. The van der Waals surface area contributed by atoms with Crippen LogP contribution in [0, 0.1) is 0 Å². The molecule has 0 bridgehead atoms. The molecule has 1 aliphatic rings. The van der Waals surface area contributed by atoms with Crippen molar-refractivity contribution in [1.29, 1.82) is 0 Å². The molecule has 5 heteroatoms. The Morgan fingerprint density at radius 1 is 1.29 bits per heavy atom. The Morgan fingerprint density at radius 3 is 2.47 bits per heavy atom. The number of hydrogen-bond donors (Lipinski definition) is 1. The van der Waals surface area contributed by atoms with Crippen molar-refractivity contribution in [2.45, 2.75) is 37.1 Å². The molecule has 1 saturated carbocycles. The van der Waals surface area contributed by atoms with E-state index in [1.807, 2.05) is 6.92 Å². The van der Waals surface area contributed by atoms with Crippen molar-refractivity contribution in [2.24, 2.45) is 0 Å². The molecule has 1 aromatic rings. The molecule has 0 radical (unpaired) electrons. The molecule has 0 aromatic heterocycles. The van der Waals surface area contributed by atoms with Gasteiger partial charge in [0.25, 0.3) is 0 Å². The van der Waals surface area contributed by atoms with E-state index < -0.39 is 10.0 Å². The fourth-order valence-corrected chi connectivity index (χ4v) is 2.73. The van der Waals surface area contributed by atoms with Crippen LogP contribution in [-0.2, 0) is 10.0 Å². The van der Waals surface area contributed by atoms with Gasteiger partial charge in [-0.05, 0) is 43.5 Å². The molecule has 1 aromatic carbocycles. The monoisotopic (exact) mass is 255 g/mol. The third-order valence-electron chi connectivity index (χ3n) is 2.51. The quantitative estimate of drug-likeness (QED) is 0.845. The number of nitrogens with one attached hydrogen (secondary N) is 1. The maximum Gasteiger partial charge on any atom is 0.240 e. The molecular weight excluding hydrogens is 238 g/mol. The smallest absolute Gasteiger partial charge is 0.240 e. The number of sulfonamides is 1. The van der Waals surface area contributed by atoms with Gasteiger partial charge in [-0.1, -0.05) is 6.92 Å². The van der Waals surface area contributed by atoms with Crippen molar-refractivity contribution in [1.82, 2.24) is 4.72 Å². The molecule has 17 heavy (non-hydrogen) atoms. The molecule has 0 aliphatic heterocycles. The summed E-state index contributed by atoms with van der Waals surface area (Å²) in [6.07, 6.45) is 2.82. The van der Waals surface area contributed by atoms with Gasteiger partial charge in [0.2, 0.25) is 10.0 Å². The lowest BCUT2D eigenvalue weighted by Crippen LogP contribution is -2.25. The summed E-state index contributed by atoms with van der Waals surface area (Å²) in [7, 11) is -3.34. The highest BCUT2D eigenvalue weighted by molar-refractivity contribution is 7.89. The molecule has 0 unspecified atom stereocenters. The van der Waals surface area contributed by atoms with Gasteiger partial charge in [0.15, 0.2) is 0 Å². The minimum atomic E-state index is -3.34. The molecule has 1 aliphatic carbocycles. The van der Waals surface area contributed by atoms with Crippen LogP contribution in [0.2, 0.25) is 0 Å². The molecule has 1 fully saturated rings. The zero-order chi connectivity index (χ0) is 12.3. The van der Waals surface area contributed by atoms with Crippen LogP contribution in [0.5, 0.6) is 5.75 Å². The first kappa shape index (κ1) is 12.4. The van der Waals surface area contributed by atoms with Gasteiger partial charge in [0, 0.05) is 6.04 Å². The van der Waals surface area contributed by atoms with E-state index in [9.17, 15) is 8.42 Å². The van der Waals surface area contributed by atoms with Crippen LogP contribution in [0.4, 0.5) is 0 Å². The van der Waals surface area contributed by atoms with E-state index in [1.54, 1.807) is 24.3 Å². The molecule has 1 N–H and O–H groups in total. The van der Waals surface area contributed by atoms with Crippen LogP contribution in [0.15, 0.2) is 29.2 Å². The summed E-state index contributed by atoms with van der Waals surface area (Å²) in [5.41, 5.74) is 0. The first-order valence-corrected chi connectivity index (χ1v) is 7.35. The summed E-state index contributed by atoms with van der Waals surface area (Å²) in [6.45, 7) is 2.67. The average molecular weight is 255 g/mol. The largest absolute Gasteiger partial charge is 0.494 e. The van der Waals surface area contributed by atoms with Crippen molar-refractivity contribution in [3.63, 3.8) is 0 Å². The molecule has 0 atom stereocenters. The van der Waals surface area contributed by atoms with E-state index in [4.69, 9.17) is 4.74 Å². The van der Waals surface area contributed by atoms with Gasteiger partial charge in [-0.15, -0.1) is 0 Å². The van der Waals surface area contributed by atoms with E-state index >= 15 is 0 Å². The fourth-order valence-electron chi connectivity index (χ4n) is 1.42. The summed E-state index contributed by atoms with van der Waals surface area (Å²) in [4.78, 5) is 0.299. The maximum absolute atomic E-state index is 11.9. The predicted octanol–water partition coefficient (Wildman–Crippen LogP) is 1.92. The normalized spacial score (nSPS) is 15.8. The van der Waals surface area contributed by atoms with Crippen molar-refractivity contribution >= 4 is 10.0 Å². The minimum Gasteiger partial charge on any atom is -0.494 e. The highest BCUT2D eigenvalue weighted by atomic mass is 32.2. The van der Waals surface area contributed by atoms with Gasteiger partial charge in [-0.25, -0.2) is 13.1 Å². The van der Waals surface area contributed by atoms with Gasteiger partial charge in [-0.3, -0.25) is 0 Å². The Bertz CT molecular complexity index is 463. The number of benzene rings is 1. The second kappa shape index (κ2) is 5.06. The Labute approximate surface area is 102 Å². The van der Waals surface area contributed by atoms with Gasteiger partial charge in [0.1, 0.15) is 5.75 Å². The van der Waals surface area contributed by atoms with E-state index in [0.29, 0.717) is 17.3 Å². The minimum absolute atomic E-state index is 0.135. The second-order valence-electron chi connectivity index (χ2n) is 4.22. The maximum atomic E-state index is 11.9. The van der Waals surface area contributed by atoms with E-state index in [0.717, 1.165) is 19.3 Å². The van der Waals surface area contributed by atoms with Gasteiger partial charge in [0.05, 0.1) is 11.5 Å². The lowest BCUT2D eigenvalue weighted by atomic mass is 10.3. The zero-order valence-electron chi connectivity index (χ0n) is 9.85. The van der Waals surface area contributed by atoms with E-state index in [2.05, 4.69) is 4.72 Å². The van der Waals surface area contributed by atoms with Gasteiger partial charge in [-0.2, -0.15) is 0 Å². The molecule has 2 rings (SSSR count). The summed E-state index contributed by atoms with van der Waals surface area (Å²) in [6, 6.07) is 6.68. The number of rotatable bonds is 6. The van der Waals surface area contributed by atoms with Crippen LogP contribution in [0.3, 0.4) is 0 Å². The van der Waals surface area contributed by atoms with E-state index in [1.165, 1.54) is 0 Å². The summed E-state index contributed by atoms with van der Waals surface area (Å²) >= 11 is 0. The molecular formula is C12H17NO3S. The van der Waals surface area contributed by atoms with Crippen molar-refractivity contribution in [2.75, 3.05) is 6.61 Å². The standard InChI is InChI=1S/C12H17NO3S/c1-2-9-16-11-5-7-12(8-6-11)17(14,15)13-10-3-4-10/h5-8,10,13H,2-4,9H2,1H3. The SMILES string of the molecule is CCCOc1ccc(S(=O)(=O)NC2CC2)cc1. The number of ether oxygens (including phenoxy) is 1. The van der Waals surface area contributed by atoms with Crippen LogP contribution in [0.1, 0.15) is 26.2 Å². The fraction of sp³-hybridized carbons (Fsp3) is 0.500. The topological polar surface area (TPSA) is 55.4 Å². The summed E-state index contributed by atoms with van der Waals surface area (Å²) in [5, 5.41) is 0. The van der Waals surface area contributed by atoms with Crippen LogP contribution >= 0.6 is 0 Å². The first-order chi connectivity index (χ1) is 8.12. The van der Waals surface area contributed by atoms with Crippen LogP contribution < -0.4 is 9.46 Å². The van der Waals surface area contributed by atoms with E-state index in [-0.39, 0.29) is 6.04 Å². The Balaban J connectivity index is 2.05. The summed E-state index contributed by atoms with van der Waals surface area (Å²) in [5.74, 6) is 0.706. The predicted molar refractivity (Wildman–Crippen MR) is 65.6 cm³/mol. The van der Waals surface area contributed by atoms with Gasteiger partial charge < -0.3 is 4.74 Å². The summed E-state index contributed by atoms with van der Waals surface area (Å²) < 4.78 is 31.8. The molecule has 0 amide bonds. The highest BCUT2D eigenvalue weighted by Crippen LogP contribution is 2.23. The highest BCUT2D eigenvalue weighted by Gasteiger charge is 2.27. The molecule has 0 heterocycles. The Kier molecular flexibility index (Phi) is 3.69. The lowest BCUT2D eigenvalue weighted by molar-refractivity contribution is 0.317. The van der Waals surface area contributed by atoms with Crippen LogP contribution in [-0.4, -0.2) is 21.1 Å². The number of hydrogen-bond acceptors (Lipinski definition) is 3. The van der Waals surface area contributed by atoms with Crippen molar-refractivity contribution in [3.8, 4) is 5.75 Å². The first-order valence-electron chi connectivity index (χ1n) is 5.87. The van der Waals surface area contributed by atoms with Gasteiger partial charge >= 0.3 is 0 Å². The third-order valence-corrected chi connectivity index (χ3v) is 4.04. The third kappa shape index (κ3) is 3.44. The molecule has 0 saturated heterocycles. The molecule has 4 nitrogen and oxygen atoms in total. The van der Waals surface area contributed by atoms with Crippen molar-refractivity contribution < 1.29 is 13.2 Å². The lowest BCUT2D eigenvalue weighted by Gasteiger charge is -2.07. The second-order valence-corrected chi connectivity index (χ2v) is 5.93. The molecule has 94 valence electrons. The average Bonchev–Trinajstić information content (AvgIpc) is 3.10.